The van der Waals surface area contributed by atoms with Crippen LogP contribution in [0.3, 0.4) is 0 Å². The zero-order valence-electron chi connectivity index (χ0n) is 10.2. The van der Waals surface area contributed by atoms with Gasteiger partial charge in [-0.3, -0.25) is 10.1 Å². The van der Waals surface area contributed by atoms with Gasteiger partial charge >= 0.3 is 0 Å². The quantitative estimate of drug-likeness (QED) is 0.450. The molecule has 0 unspecified atom stereocenters. The first-order valence-electron chi connectivity index (χ1n) is 5.78. The summed E-state index contributed by atoms with van der Waals surface area (Å²) < 4.78 is 5.40. The maximum Gasteiger partial charge on any atom is 0.292 e. The molecule has 0 heterocycles. The van der Waals surface area contributed by atoms with Crippen LogP contribution in [0.15, 0.2) is 18.2 Å². The zero-order valence-corrected chi connectivity index (χ0v) is 10.2. The molecule has 0 saturated carbocycles. The summed E-state index contributed by atoms with van der Waals surface area (Å²) in [4.78, 5) is 10.4. The number of nitrogens with zero attached hydrogens (tertiary/aromatic N) is 1. The predicted octanol–water partition coefficient (Wildman–Crippen LogP) is 2.95. The van der Waals surface area contributed by atoms with Crippen molar-refractivity contribution in [1.29, 1.82) is 0 Å². The van der Waals surface area contributed by atoms with Gasteiger partial charge in [0.2, 0.25) is 0 Å². The number of nitro groups is 1. The van der Waals surface area contributed by atoms with Gasteiger partial charge in [0, 0.05) is 19.2 Å². The summed E-state index contributed by atoms with van der Waals surface area (Å²) in [7, 11) is 0. The Morgan fingerprint density at radius 2 is 2.18 bits per heavy atom. The minimum absolute atomic E-state index is 0.103. The zero-order chi connectivity index (χ0) is 12.7. The number of hydrogen-bond acceptors (Lipinski definition) is 4. The van der Waals surface area contributed by atoms with Crippen molar-refractivity contribution in [2.24, 2.45) is 0 Å². The van der Waals surface area contributed by atoms with Gasteiger partial charge in [0.1, 0.15) is 5.69 Å². The van der Waals surface area contributed by atoms with Crippen LogP contribution in [-0.2, 0) is 11.3 Å². The summed E-state index contributed by atoms with van der Waals surface area (Å²) >= 11 is 0. The largest absolute Gasteiger partial charge is 0.380 e. The SMILES string of the molecule is CCCOCc1ccc([N+](=O)[O-])c(NCC)c1. The van der Waals surface area contributed by atoms with Crippen molar-refractivity contribution in [3.8, 4) is 0 Å². The van der Waals surface area contributed by atoms with Crippen LogP contribution >= 0.6 is 0 Å². The number of rotatable bonds is 7. The predicted molar refractivity (Wildman–Crippen MR) is 67.2 cm³/mol. The van der Waals surface area contributed by atoms with E-state index in [-0.39, 0.29) is 10.6 Å². The molecule has 1 aromatic rings. The van der Waals surface area contributed by atoms with E-state index in [0.717, 1.165) is 12.0 Å². The summed E-state index contributed by atoms with van der Waals surface area (Å²) in [6.07, 6.45) is 0.965. The Balaban J connectivity index is 2.81. The molecule has 5 nitrogen and oxygen atoms in total. The van der Waals surface area contributed by atoms with Crippen molar-refractivity contribution >= 4 is 11.4 Å². The van der Waals surface area contributed by atoms with Gasteiger partial charge in [-0.1, -0.05) is 6.92 Å². The van der Waals surface area contributed by atoms with Gasteiger partial charge in [0.25, 0.3) is 5.69 Å². The Bertz CT molecular complexity index is 380. The maximum atomic E-state index is 10.8. The molecule has 0 amide bonds. The second-order valence-electron chi connectivity index (χ2n) is 3.69. The summed E-state index contributed by atoms with van der Waals surface area (Å²) in [5.41, 5.74) is 1.60. The number of ether oxygens (including phenoxy) is 1. The second kappa shape index (κ2) is 6.85. The van der Waals surface area contributed by atoms with Crippen LogP contribution in [0.4, 0.5) is 11.4 Å². The Morgan fingerprint density at radius 1 is 1.41 bits per heavy atom. The van der Waals surface area contributed by atoms with Crippen LogP contribution in [0, 0.1) is 10.1 Å². The van der Waals surface area contributed by atoms with E-state index in [0.29, 0.717) is 25.4 Å². The fraction of sp³-hybridized carbons (Fsp3) is 0.500. The highest BCUT2D eigenvalue weighted by atomic mass is 16.6. The molecule has 17 heavy (non-hydrogen) atoms. The first-order valence-corrected chi connectivity index (χ1v) is 5.78. The minimum Gasteiger partial charge on any atom is -0.380 e. The molecule has 0 radical (unpaired) electrons. The molecule has 0 aliphatic rings. The molecule has 0 fully saturated rings. The van der Waals surface area contributed by atoms with E-state index < -0.39 is 0 Å². The third-order valence-corrected chi connectivity index (χ3v) is 2.24. The topological polar surface area (TPSA) is 64.4 Å². The van der Waals surface area contributed by atoms with Gasteiger partial charge < -0.3 is 10.1 Å². The Kier molecular flexibility index (Phi) is 5.42. The van der Waals surface area contributed by atoms with Gasteiger partial charge in [0.05, 0.1) is 11.5 Å². The fourth-order valence-corrected chi connectivity index (χ4v) is 1.50. The fourth-order valence-electron chi connectivity index (χ4n) is 1.50. The standard InChI is InChI=1S/C12H18N2O3/c1-3-7-17-9-10-5-6-12(14(15)16)11(8-10)13-4-2/h5-6,8,13H,3-4,7,9H2,1-2H3. The highest BCUT2D eigenvalue weighted by Gasteiger charge is 2.13. The van der Waals surface area contributed by atoms with Crippen molar-refractivity contribution in [2.75, 3.05) is 18.5 Å². The van der Waals surface area contributed by atoms with Crippen molar-refractivity contribution in [3.63, 3.8) is 0 Å². The van der Waals surface area contributed by atoms with E-state index in [4.69, 9.17) is 4.74 Å². The maximum absolute atomic E-state index is 10.8. The number of hydrogen-bond donors (Lipinski definition) is 1. The lowest BCUT2D eigenvalue weighted by molar-refractivity contribution is -0.384. The summed E-state index contributed by atoms with van der Waals surface area (Å²) in [5, 5.41) is 13.8. The lowest BCUT2D eigenvalue weighted by Crippen LogP contribution is -2.03. The molecule has 0 aliphatic carbocycles. The van der Waals surface area contributed by atoms with Crippen LogP contribution in [0.5, 0.6) is 0 Å². The molecule has 94 valence electrons. The molecule has 0 atom stereocenters. The van der Waals surface area contributed by atoms with Crippen molar-refractivity contribution in [2.45, 2.75) is 26.9 Å². The summed E-state index contributed by atoms with van der Waals surface area (Å²) in [5.74, 6) is 0. The molecule has 0 saturated heterocycles. The molecule has 0 aromatic heterocycles. The third-order valence-electron chi connectivity index (χ3n) is 2.24. The highest BCUT2D eigenvalue weighted by Crippen LogP contribution is 2.25. The second-order valence-corrected chi connectivity index (χ2v) is 3.69. The molecule has 0 bridgehead atoms. The van der Waals surface area contributed by atoms with Crippen molar-refractivity contribution < 1.29 is 9.66 Å². The van der Waals surface area contributed by atoms with E-state index >= 15 is 0 Å². The Morgan fingerprint density at radius 3 is 2.76 bits per heavy atom. The van der Waals surface area contributed by atoms with Gasteiger partial charge in [-0.25, -0.2) is 0 Å². The monoisotopic (exact) mass is 238 g/mol. The van der Waals surface area contributed by atoms with Gasteiger partial charge in [-0.2, -0.15) is 0 Å². The molecule has 1 N–H and O–H groups in total. The molecule has 0 spiro atoms. The molecular weight excluding hydrogens is 220 g/mol. The molecule has 5 heteroatoms. The lowest BCUT2D eigenvalue weighted by Gasteiger charge is -2.08. The Labute approximate surface area is 101 Å². The van der Waals surface area contributed by atoms with Gasteiger partial charge in [-0.15, -0.1) is 0 Å². The summed E-state index contributed by atoms with van der Waals surface area (Å²) in [6, 6.07) is 5.02. The third kappa shape index (κ3) is 4.03. The van der Waals surface area contributed by atoms with Gasteiger partial charge in [0.15, 0.2) is 0 Å². The van der Waals surface area contributed by atoms with E-state index in [2.05, 4.69) is 5.32 Å². The number of benzene rings is 1. The minimum atomic E-state index is -0.380. The van der Waals surface area contributed by atoms with Crippen LogP contribution < -0.4 is 5.32 Å². The lowest BCUT2D eigenvalue weighted by atomic mass is 10.2. The molecule has 0 aliphatic heterocycles. The van der Waals surface area contributed by atoms with Gasteiger partial charge in [-0.05, 0) is 31.0 Å². The highest BCUT2D eigenvalue weighted by molar-refractivity contribution is 5.62. The van der Waals surface area contributed by atoms with Crippen molar-refractivity contribution in [1.82, 2.24) is 0 Å². The van der Waals surface area contributed by atoms with Crippen LogP contribution in [-0.4, -0.2) is 18.1 Å². The molecular formula is C12H18N2O3. The molecule has 1 aromatic carbocycles. The van der Waals surface area contributed by atoms with Crippen LogP contribution in [0.25, 0.3) is 0 Å². The summed E-state index contributed by atoms with van der Waals surface area (Å²) in [6.45, 7) is 5.79. The van der Waals surface area contributed by atoms with Crippen LogP contribution in [0.1, 0.15) is 25.8 Å². The number of nitro benzene ring substituents is 1. The van der Waals surface area contributed by atoms with E-state index in [1.807, 2.05) is 13.8 Å². The smallest absolute Gasteiger partial charge is 0.292 e. The first kappa shape index (κ1) is 13.4. The van der Waals surface area contributed by atoms with E-state index in [9.17, 15) is 10.1 Å². The Hall–Kier alpha value is -1.62. The first-order chi connectivity index (χ1) is 8.19. The number of anilines is 1. The normalized spacial score (nSPS) is 10.2. The number of nitrogens with one attached hydrogen (secondary N) is 1. The van der Waals surface area contributed by atoms with Crippen LogP contribution in [0.2, 0.25) is 0 Å². The average Bonchev–Trinajstić information content (AvgIpc) is 2.30. The molecule has 1 rings (SSSR count). The average molecular weight is 238 g/mol. The van der Waals surface area contributed by atoms with Crippen molar-refractivity contribution in [3.05, 3.63) is 33.9 Å². The van der Waals surface area contributed by atoms with E-state index in [1.54, 1.807) is 12.1 Å². The van der Waals surface area contributed by atoms with E-state index in [1.165, 1.54) is 6.07 Å².